The predicted octanol–water partition coefficient (Wildman–Crippen LogP) is 5.34. The number of para-hydroxylation sites is 1. The van der Waals surface area contributed by atoms with Gasteiger partial charge in [0.1, 0.15) is 11.4 Å². The molecule has 43 heavy (non-hydrogen) atoms. The SMILES string of the molecule is Cc1cc(Nc2ncc3cc(-c4ccccc4OC(F)(F)F)c(=O)n(C[C@H]4CCCO4)c3n2)ccc1N1CCN(C)CC1. The van der Waals surface area contributed by atoms with Crippen LogP contribution in [0.15, 0.2) is 59.5 Å². The van der Waals surface area contributed by atoms with Crippen LogP contribution < -0.4 is 20.5 Å². The van der Waals surface area contributed by atoms with E-state index in [1.807, 2.05) is 12.1 Å². The van der Waals surface area contributed by atoms with Gasteiger partial charge in [-0.1, -0.05) is 18.2 Å². The molecule has 0 aliphatic carbocycles. The van der Waals surface area contributed by atoms with E-state index in [9.17, 15) is 18.0 Å². The number of aromatic nitrogens is 3. The maximum atomic E-state index is 13.9. The summed E-state index contributed by atoms with van der Waals surface area (Å²) in [7, 11) is 2.13. The average Bonchev–Trinajstić information content (AvgIpc) is 3.48. The molecule has 226 valence electrons. The molecule has 0 spiro atoms. The molecule has 2 saturated heterocycles. The van der Waals surface area contributed by atoms with Crippen molar-refractivity contribution in [3.8, 4) is 16.9 Å². The molecule has 6 rings (SSSR count). The first kappa shape index (κ1) is 28.9. The number of rotatable bonds is 7. The Kier molecular flexibility index (Phi) is 7.97. The van der Waals surface area contributed by atoms with Crippen molar-refractivity contribution in [3.63, 3.8) is 0 Å². The number of fused-ring (bicyclic) bond motifs is 1. The van der Waals surface area contributed by atoms with Crippen LogP contribution in [-0.4, -0.2) is 71.7 Å². The zero-order chi connectivity index (χ0) is 30.1. The molecular formula is C31H33F3N6O3. The molecule has 2 aliphatic heterocycles. The highest BCUT2D eigenvalue weighted by Gasteiger charge is 2.33. The maximum Gasteiger partial charge on any atom is 0.573 e. The molecule has 0 radical (unpaired) electrons. The monoisotopic (exact) mass is 594 g/mol. The van der Waals surface area contributed by atoms with Crippen LogP contribution in [0, 0.1) is 6.92 Å². The summed E-state index contributed by atoms with van der Waals surface area (Å²) in [5.74, 6) is -0.155. The van der Waals surface area contributed by atoms with E-state index >= 15 is 0 Å². The van der Waals surface area contributed by atoms with Gasteiger partial charge in [-0.2, -0.15) is 4.98 Å². The standard InChI is InChI=1S/C31H33F3N6O3/c1-20-16-22(9-10-26(20)39-13-11-38(2)12-14-39)36-30-35-18-21-17-25(24-7-3-4-8-27(24)43-31(32,33)34)29(41)40(28(21)37-30)19-23-6-5-15-42-23/h3-4,7-10,16-18,23H,5-6,11-15,19H2,1-2H3,(H,35,36,37)/t23-/m1/s1. The van der Waals surface area contributed by atoms with Gasteiger partial charge in [-0.3, -0.25) is 9.36 Å². The minimum absolute atomic E-state index is 0.0333. The number of nitrogens with one attached hydrogen (secondary N) is 1. The van der Waals surface area contributed by atoms with E-state index in [-0.39, 0.29) is 23.8 Å². The van der Waals surface area contributed by atoms with Crippen molar-refractivity contribution in [1.29, 1.82) is 0 Å². The molecule has 1 N–H and O–H groups in total. The van der Waals surface area contributed by atoms with Gasteiger partial charge in [-0.15, -0.1) is 13.2 Å². The van der Waals surface area contributed by atoms with E-state index in [0.29, 0.717) is 23.6 Å². The highest BCUT2D eigenvalue weighted by Crippen LogP contribution is 2.34. The maximum absolute atomic E-state index is 13.9. The number of pyridine rings is 1. The topological polar surface area (TPSA) is 84.8 Å². The van der Waals surface area contributed by atoms with E-state index in [1.165, 1.54) is 34.5 Å². The summed E-state index contributed by atoms with van der Waals surface area (Å²) in [6.07, 6.45) is -1.92. The third kappa shape index (κ3) is 6.45. The summed E-state index contributed by atoms with van der Waals surface area (Å²) >= 11 is 0. The summed E-state index contributed by atoms with van der Waals surface area (Å²) in [6, 6.07) is 13.2. The molecule has 0 amide bonds. The van der Waals surface area contributed by atoms with Crippen molar-refractivity contribution in [1.82, 2.24) is 19.4 Å². The van der Waals surface area contributed by atoms with Crippen LogP contribution in [0.2, 0.25) is 0 Å². The molecule has 9 nitrogen and oxygen atoms in total. The van der Waals surface area contributed by atoms with E-state index < -0.39 is 17.7 Å². The molecule has 1 atom stereocenters. The lowest BCUT2D eigenvalue weighted by molar-refractivity contribution is -0.274. The lowest BCUT2D eigenvalue weighted by Gasteiger charge is -2.35. The van der Waals surface area contributed by atoms with Crippen LogP contribution in [0.3, 0.4) is 0 Å². The highest BCUT2D eigenvalue weighted by atomic mass is 19.4. The van der Waals surface area contributed by atoms with Crippen LogP contribution in [0.5, 0.6) is 5.75 Å². The lowest BCUT2D eigenvalue weighted by Crippen LogP contribution is -2.44. The minimum atomic E-state index is -4.91. The molecule has 0 unspecified atom stereocenters. The Balaban J connectivity index is 1.36. The van der Waals surface area contributed by atoms with Crippen LogP contribution in [-0.2, 0) is 11.3 Å². The number of piperazine rings is 1. The van der Waals surface area contributed by atoms with Gasteiger partial charge in [0.25, 0.3) is 5.56 Å². The van der Waals surface area contributed by atoms with Crippen LogP contribution in [0.25, 0.3) is 22.2 Å². The fraction of sp³-hybridized carbons (Fsp3) is 0.387. The van der Waals surface area contributed by atoms with Crippen LogP contribution in [0.4, 0.5) is 30.5 Å². The number of ether oxygens (including phenoxy) is 2. The first-order chi connectivity index (χ1) is 20.6. The van der Waals surface area contributed by atoms with E-state index in [1.54, 1.807) is 12.3 Å². The number of hydrogen-bond donors (Lipinski definition) is 1. The molecule has 0 bridgehead atoms. The summed E-state index contributed by atoms with van der Waals surface area (Å²) in [5, 5.41) is 3.76. The van der Waals surface area contributed by atoms with Crippen molar-refractivity contribution in [3.05, 3.63) is 70.6 Å². The molecule has 2 aliphatic rings. The van der Waals surface area contributed by atoms with Gasteiger partial charge in [0.05, 0.1) is 18.2 Å². The summed E-state index contributed by atoms with van der Waals surface area (Å²) < 4.78 is 51.0. The zero-order valence-corrected chi connectivity index (χ0v) is 24.0. The number of aryl methyl sites for hydroxylation is 1. The van der Waals surface area contributed by atoms with Crippen molar-refractivity contribution in [2.45, 2.75) is 38.8 Å². The molecule has 4 aromatic rings. The Hall–Kier alpha value is -4.16. The summed E-state index contributed by atoms with van der Waals surface area (Å²) in [5.41, 5.74) is 3.08. The zero-order valence-electron chi connectivity index (χ0n) is 24.0. The number of nitrogens with zero attached hydrogens (tertiary/aromatic N) is 5. The van der Waals surface area contributed by atoms with Gasteiger partial charge in [0.15, 0.2) is 0 Å². The van der Waals surface area contributed by atoms with Crippen molar-refractivity contribution < 1.29 is 22.6 Å². The van der Waals surface area contributed by atoms with Gasteiger partial charge in [0.2, 0.25) is 5.95 Å². The fourth-order valence-corrected chi connectivity index (χ4v) is 5.74. The number of halogens is 3. The lowest BCUT2D eigenvalue weighted by atomic mass is 10.0. The molecule has 2 aromatic heterocycles. The molecule has 2 fully saturated rings. The number of benzene rings is 2. The average molecular weight is 595 g/mol. The predicted molar refractivity (Wildman–Crippen MR) is 159 cm³/mol. The van der Waals surface area contributed by atoms with Crippen molar-refractivity contribution >= 4 is 28.4 Å². The summed E-state index contributed by atoms with van der Waals surface area (Å²) in [6.45, 7) is 6.83. The Bertz CT molecular complexity index is 1680. The van der Waals surface area contributed by atoms with Crippen molar-refractivity contribution in [2.75, 3.05) is 50.1 Å². The molecule has 2 aromatic carbocycles. The largest absolute Gasteiger partial charge is 0.573 e. The molecule has 4 heterocycles. The van der Waals surface area contributed by atoms with Crippen LogP contribution in [0.1, 0.15) is 18.4 Å². The third-order valence-electron chi connectivity index (χ3n) is 7.94. The quantitative estimate of drug-likeness (QED) is 0.307. The Morgan fingerprint density at radius 2 is 1.86 bits per heavy atom. The van der Waals surface area contributed by atoms with Gasteiger partial charge >= 0.3 is 6.36 Å². The van der Waals surface area contributed by atoms with Gasteiger partial charge in [-0.25, -0.2) is 4.98 Å². The molecule has 0 saturated carbocycles. The first-order valence-corrected chi connectivity index (χ1v) is 14.3. The number of likely N-dealkylation sites (N-methyl/N-ethyl adjacent to an activating group) is 1. The van der Waals surface area contributed by atoms with Gasteiger partial charge < -0.3 is 24.6 Å². The van der Waals surface area contributed by atoms with Crippen molar-refractivity contribution in [2.24, 2.45) is 0 Å². The van der Waals surface area contributed by atoms with E-state index in [2.05, 4.69) is 44.9 Å². The minimum Gasteiger partial charge on any atom is -0.405 e. The molecule has 12 heteroatoms. The Morgan fingerprint density at radius 3 is 2.58 bits per heavy atom. The second kappa shape index (κ2) is 11.8. The van der Waals surface area contributed by atoms with Gasteiger partial charge in [0, 0.05) is 61.3 Å². The number of hydrogen-bond acceptors (Lipinski definition) is 8. The number of anilines is 3. The van der Waals surface area contributed by atoms with E-state index in [4.69, 9.17) is 9.72 Å². The normalized spacial score (nSPS) is 17.9. The van der Waals surface area contributed by atoms with Crippen LogP contribution >= 0.6 is 0 Å². The second-order valence-electron chi connectivity index (χ2n) is 11.0. The number of alkyl halides is 3. The fourth-order valence-electron chi connectivity index (χ4n) is 5.74. The Labute approximate surface area is 246 Å². The van der Waals surface area contributed by atoms with Gasteiger partial charge in [-0.05, 0) is 62.7 Å². The first-order valence-electron chi connectivity index (χ1n) is 14.3. The third-order valence-corrected chi connectivity index (χ3v) is 7.94. The smallest absolute Gasteiger partial charge is 0.405 e. The van der Waals surface area contributed by atoms with E-state index in [0.717, 1.165) is 50.3 Å². The summed E-state index contributed by atoms with van der Waals surface area (Å²) in [4.78, 5) is 27.8. The Morgan fingerprint density at radius 1 is 1.07 bits per heavy atom. The molecular weight excluding hydrogens is 561 g/mol. The second-order valence-corrected chi connectivity index (χ2v) is 11.0. The highest BCUT2D eigenvalue weighted by molar-refractivity contribution is 5.83.